The van der Waals surface area contributed by atoms with Crippen molar-refractivity contribution < 1.29 is 18.3 Å². The molecule has 2 fully saturated rings. The van der Waals surface area contributed by atoms with Crippen LogP contribution in [0.3, 0.4) is 0 Å². The Hall–Kier alpha value is -0.910. The van der Waals surface area contributed by atoms with Crippen molar-refractivity contribution in [3.8, 4) is 0 Å². The summed E-state index contributed by atoms with van der Waals surface area (Å²) in [4.78, 5) is 0.268. The number of benzene rings is 1. The summed E-state index contributed by atoms with van der Waals surface area (Å²) < 4.78 is 29.2. The molecule has 1 saturated heterocycles. The van der Waals surface area contributed by atoms with Gasteiger partial charge in [-0.2, -0.15) is 0 Å². The molecule has 1 heterocycles. The van der Waals surface area contributed by atoms with Crippen molar-refractivity contribution >= 4 is 9.84 Å². The Labute approximate surface area is 126 Å². The second kappa shape index (κ2) is 5.38. The minimum absolute atomic E-state index is 0.0155. The first kappa shape index (κ1) is 15.0. The van der Waals surface area contributed by atoms with Gasteiger partial charge in [0.25, 0.3) is 0 Å². The second-order valence-electron chi connectivity index (χ2n) is 6.43. The summed E-state index contributed by atoms with van der Waals surface area (Å²) in [7, 11) is -3.24. The highest BCUT2D eigenvalue weighted by Gasteiger charge is 2.44. The lowest BCUT2D eigenvalue weighted by molar-refractivity contribution is -0.157. The maximum atomic E-state index is 11.6. The van der Waals surface area contributed by atoms with Gasteiger partial charge in [-0.05, 0) is 55.7 Å². The van der Waals surface area contributed by atoms with E-state index in [2.05, 4.69) is 0 Å². The van der Waals surface area contributed by atoms with E-state index < -0.39 is 15.9 Å². The summed E-state index contributed by atoms with van der Waals surface area (Å²) in [6.07, 6.45) is 5.64. The first-order chi connectivity index (χ1) is 9.90. The molecule has 0 aromatic heterocycles. The van der Waals surface area contributed by atoms with Crippen molar-refractivity contribution in [1.82, 2.24) is 0 Å². The van der Waals surface area contributed by atoms with Crippen molar-refractivity contribution in [2.24, 2.45) is 5.92 Å². The molecule has 3 rings (SSSR count). The number of hydrogen-bond acceptors (Lipinski definition) is 4. The van der Waals surface area contributed by atoms with Crippen molar-refractivity contribution in [2.75, 3.05) is 12.9 Å². The molecule has 1 aliphatic heterocycles. The van der Waals surface area contributed by atoms with Gasteiger partial charge in [-0.25, -0.2) is 8.42 Å². The van der Waals surface area contributed by atoms with Gasteiger partial charge in [-0.15, -0.1) is 0 Å². The van der Waals surface area contributed by atoms with Crippen LogP contribution in [0.25, 0.3) is 0 Å². The average Bonchev–Trinajstić information content (AvgIpc) is 2.44. The minimum atomic E-state index is -3.24. The van der Waals surface area contributed by atoms with Crippen LogP contribution in [-0.4, -0.2) is 32.0 Å². The van der Waals surface area contributed by atoms with E-state index in [-0.39, 0.29) is 16.4 Å². The molecular weight excluding hydrogens is 288 g/mol. The number of aliphatic hydroxyl groups excluding tert-OH is 1. The zero-order valence-electron chi connectivity index (χ0n) is 12.3. The van der Waals surface area contributed by atoms with Crippen LogP contribution in [0.5, 0.6) is 0 Å². The molecule has 2 unspecified atom stereocenters. The van der Waals surface area contributed by atoms with Gasteiger partial charge in [0, 0.05) is 12.9 Å². The highest BCUT2D eigenvalue weighted by molar-refractivity contribution is 7.90. The van der Waals surface area contributed by atoms with Crippen LogP contribution >= 0.6 is 0 Å². The van der Waals surface area contributed by atoms with E-state index in [0.717, 1.165) is 25.7 Å². The standard InChI is InChI=1S/C16H22O4S/c1-21(18,19)14-5-2-4-12(10-14)15(17)13-6-9-20-16(11-13)7-3-8-16/h2,4-5,10,13,15,17H,3,6-9,11H2,1H3. The smallest absolute Gasteiger partial charge is 0.175 e. The van der Waals surface area contributed by atoms with Crippen LogP contribution in [0.4, 0.5) is 0 Å². The average molecular weight is 310 g/mol. The predicted molar refractivity (Wildman–Crippen MR) is 79.8 cm³/mol. The van der Waals surface area contributed by atoms with Crippen molar-refractivity contribution in [2.45, 2.75) is 48.7 Å². The molecular formula is C16H22O4S. The van der Waals surface area contributed by atoms with Crippen LogP contribution in [-0.2, 0) is 14.6 Å². The molecule has 0 amide bonds. The Balaban J connectivity index is 1.80. The van der Waals surface area contributed by atoms with Gasteiger partial charge in [0.05, 0.1) is 16.6 Å². The van der Waals surface area contributed by atoms with Crippen LogP contribution in [0.15, 0.2) is 29.2 Å². The van der Waals surface area contributed by atoms with Gasteiger partial charge in [0.15, 0.2) is 9.84 Å². The Morgan fingerprint density at radius 2 is 2.14 bits per heavy atom. The van der Waals surface area contributed by atoms with E-state index in [0.29, 0.717) is 12.2 Å². The van der Waals surface area contributed by atoms with E-state index in [1.807, 2.05) is 6.07 Å². The van der Waals surface area contributed by atoms with Gasteiger partial charge in [-0.3, -0.25) is 0 Å². The molecule has 4 nitrogen and oxygen atoms in total. The molecule has 1 N–H and O–H groups in total. The SMILES string of the molecule is CS(=O)(=O)c1cccc(C(O)C2CCOC3(CCC3)C2)c1. The first-order valence-corrected chi connectivity index (χ1v) is 9.41. The zero-order valence-corrected chi connectivity index (χ0v) is 13.1. The third kappa shape index (κ3) is 3.00. The van der Waals surface area contributed by atoms with Crippen LogP contribution in [0, 0.1) is 5.92 Å². The fourth-order valence-electron chi connectivity index (χ4n) is 3.46. The third-order valence-corrected chi connectivity index (χ3v) is 5.98. The minimum Gasteiger partial charge on any atom is -0.388 e. The molecule has 116 valence electrons. The Kier molecular flexibility index (Phi) is 3.84. The highest BCUT2D eigenvalue weighted by Crippen LogP contribution is 2.47. The van der Waals surface area contributed by atoms with Gasteiger partial charge in [-0.1, -0.05) is 12.1 Å². The van der Waals surface area contributed by atoms with Gasteiger partial charge in [0.1, 0.15) is 0 Å². The highest BCUT2D eigenvalue weighted by atomic mass is 32.2. The van der Waals surface area contributed by atoms with E-state index in [1.54, 1.807) is 18.2 Å². The summed E-state index contributed by atoms with van der Waals surface area (Å²) in [6.45, 7) is 0.688. The van der Waals surface area contributed by atoms with E-state index in [4.69, 9.17) is 4.74 Å². The van der Waals surface area contributed by atoms with E-state index in [1.165, 1.54) is 12.7 Å². The zero-order chi connectivity index (χ0) is 15.1. The molecule has 1 saturated carbocycles. The molecule has 5 heteroatoms. The normalized spacial score (nSPS) is 26.3. The number of sulfone groups is 1. The summed E-state index contributed by atoms with van der Waals surface area (Å²) >= 11 is 0. The molecule has 1 spiro atoms. The number of rotatable bonds is 3. The Morgan fingerprint density at radius 1 is 1.38 bits per heavy atom. The molecule has 1 aromatic rings. The summed E-state index contributed by atoms with van der Waals surface area (Å²) in [5.41, 5.74) is 0.678. The van der Waals surface area contributed by atoms with Crippen molar-refractivity contribution in [3.05, 3.63) is 29.8 Å². The molecule has 2 aliphatic rings. The van der Waals surface area contributed by atoms with Gasteiger partial charge >= 0.3 is 0 Å². The second-order valence-corrected chi connectivity index (χ2v) is 8.44. The summed E-state index contributed by atoms with van der Waals surface area (Å²) in [6, 6.07) is 6.68. The van der Waals surface area contributed by atoms with Crippen LogP contribution in [0.2, 0.25) is 0 Å². The lowest BCUT2D eigenvalue weighted by Crippen LogP contribution is -2.46. The Morgan fingerprint density at radius 3 is 2.76 bits per heavy atom. The lowest BCUT2D eigenvalue weighted by Gasteiger charge is -2.48. The van der Waals surface area contributed by atoms with Gasteiger partial charge in [0.2, 0.25) is 0 Å². The number of aliphatic hydroxyl groups is 1. The molecule has 1 aliphatic carbocycles. The summed E-state index contributed by atoms with van der Waals surface area (Å²) in [5.74, 6) is 0.147. The summed E-state index contributed by atoms with van der Waals surface area (Å²) in [5, 5.41) is 10.6. The van der Waals surface area contributed by atoms with E-state index >= 15 is 0 Å². The van der Waals surface area contributed by atoms with Crippen molar-refractivity contribution in [3.63, 3.8) is 0 Å². The van der Waals surface area contributed by atoms with Crippen LogP contribution < -0.4 is 0 Å². The monoisotopic (exact) mass is 310 g/mol. The number of hydrogen-bond donors (Lipinski definition) is 1. The maximum Gasteiger partial charge on any atom is 0.175 e. The predicted octanol–water partition coefficient (Wildman–Crippen LogP) is 2.47. The van der Waals surface area contributed by atoms with Gasteiger partial charge < -0.3 is 9.84 Å². The fraction of sp³-hybridized carbons (Fsp3) is 0.625. The quantitative estimate of drug-likeness (QED) is 0.931. The largest absolute Gasteiger partial charge is 0.388 e. The van der Waals surface area contributed by atoms with Crippen LogP contribution in [0.1, 0.15) is 43.8 Å². The molecule has 2 atom stereocenters. The molecule has 0 bridgehead atoms. The first-order valence-electron chi connectivity index (χ1n) is 7.52. The number of ether oxygens (including phenoxy) is 1. The topological polar surface area (TPSA) is 63.6 Å². The molecule has 1 aromatic carbocycles. The lowest BCUT2D eigenvalue weighted by atomic mass is 9.70. The van der Waals surface area contributed by atoms with E-state index in [9.17, 15) is 13.5 Å². The molecule has 21 heavy (non-hydrogen) atoms. The Bertz CT molecular complexity index is 619. The maximum absolute atomic E-state index is 11.6. The third-order valence-electron chi connectivity index (χ3n) is 4.87. The molecule has 0 radical (unpaired) electrons. The fourth-order valence-corrected chi connectivity index (χ4v) is 4.13. The van der Waals surface area contributed by atoms with Crippen molar-refractivity contribution in [1.29, 1.82) is 0 Å².